The molecule has 2 amide bonds. The number of carbonyl (C=O) groups is 2. The van der Waals surface area contributed by atoms with E-state index < -0.39 is 5.82 Å². The van der Waals surface area contributed by atoms with Gasteiger partial charge < -0.3 is 9.64 Å². The Morgan fingerprint density at radius 2 is 1.68 bits per heavy atom. The van der Waals surface area contributed by atoms with Crippen LogP contribution in [0.2, 0.25) is 0 Å². The SMILES string of the molecule is CCN(C1=C(c2ccc(F)cc2)C(=O)N(CCCOC)C1=O)c1ccccc1. The van der Waals surface area contributed by atoms with E-state index in [-0.39, 0.29) is 18.4 Å². The number of para-hydroxylation sites is 1. The minimum Gasteiger partial charge on any atom is -0.385 e. The van der Waals surface area contributed by atoms with Gasteiger partial charge in [-0.3, -0.25) is 14.5 Å². The zero-order chi connectivity index (χ0) is 20.1. The Labute approximate surface area is 164 Å². The number of imide groups is 1. The van der Waals surface area contributed by atoms with Gasteiger partial charge in [0.25, 0.3) is 11.8 Å². The highest BCUT2D eigenvalue weighted by atomic mass is 19.1. The summed E-state index contributed by atoms with van der Waals surface area (Å²) in [6, 6.07) is 15.1. The second-order valence-electron chi connectivity index (χ2n) is 6.42. The van der Waals surface area contributed by atoms with Crippen LogP contribution in [0.3, 0.4) is 0 Å². The van der Waals surface area contributed by atoms with E-state index in [4.69, 9.17) is 4.74 Å². The molecule has 0 aromatic heterocycles. The average Bonchev–Trinajstić information content (AvgIpc) is 2.95. The van der Waals surface area contributed by atoms with Crippen molar-refractivity contribution in [1.82, 2.24) is 4.90 Å². The smallest absolute Gasteiger partial charge is 0.278 e. The summed E-state index contributed by atoms with van der Waals surface area (Å²) in [5.41, 5.74) is 1.97. The molecule has 0 aliphatic carbocycles. The van der Waals surface area contributed by atoms with Crippen molar-refractivity contribution in [2.45, 2.75) is 13.3 Å². The second-order valence-corrected chi connectivity index (χ2v) is 6.42. The van der Waals surface area contributed by atoms with Gasteiger partial charge in [-0.25, -0.2) is 4.39 Å². The van der Waals surface area contributed by atoms with Gasteiger partial charge in [0.1, 0.15) is 11.5 Å². The molecule has 0 fully saturated rings. The molecule has 0 saturated heterocycles. The molecule has 0 atom stereocenters. The fourth-order valence-electron chi connectivity index (χ4n) is 3.34. The van der Waals surface area contributed by atoms with Gasteiger partial charge >= 0.3 is 0 Å². The predicted octanol–water partition coefficient (Wildman–Crippen LogP) is 3.47. The Hall–Kier alpha value is -2.99. The molecule has 2 aromatic rings. The molecule has 0 unspecified atom stereocenters. The molecule has 3 rings (SSSR count). The summed E-state index contributed by atoms with van der Waals surface area (Å²) in [5.74, 6) is -1.10. The molecule has 0 spiro atoms. The lowest BCUT2D eigenvalue weighted by Gasteiger charge is -2.24. The lowest BCUT2D eigenvalue weighted by Crippen LogP contribution is -2.36. The number of methoxy groups -OCH3 is 1. The molecule has 1 aliphatic heterocycles. The Bertz CT molecular complexity index is 878. The van der Waals surface area contributed by atoms with Crippen molar-refractivity contribution in [3.63, 3.8) is 0 Å². The van der Waals surface area contributed by atoms with Crippen molar-refractivity contribution in [1.29, 1.82) is 0 Å². The fourth-order valence-corrected chi connectivity index (χ4v) is 3.34. The van der Waals surface area contributed by atoms with E-state index in [1.165, 1.54) is 29.2 Å². The second kappa shape index (κ2) is 8.80. The Morgan fingerprint density at radius 1 is 1.00 bits per heavy atom. The van der Waals surface area contributed by atoms with Gasteiger partial charge in [0.15, 0.2) is 0 Å². The molecule has 0 N–H and O–H groups in total. The molecule has 5 nitrogen and oxygen atoms in total. The number of nitrogens with zero attached hydrogens (tertiary/aromatic N) is 2. The molecule has 28 heavy (non-hydrogen) atoms. The average molecular weight is 382 g/mol. The summed E-state index contributed by atoms with van der Waals surface area (Å²) >= 11 is 0. The number of hydrogen-bond donors (Lipinski definition) is 0. The highest BCUT2D eigenvalue weighted by Gasteiger charge is 2.41. The highest BCUT2D eigenvalue weighted by molar-refractivity contribution is 6.36. The maximum atomic E-state index is 13.4. The quantitative estimate of drug-likeness (QED) is 0.518. The van der Waals surface area contributed by atoms with Gasteiger partial charge in [0.2, 0.25) is 0 Å². The van der Waals surface area contributed by atoms with Crippen molar-refractivity contribution in [2.75, 3.05) is 31.7 Å². The number of benzene rings is 2. The molecular weight excluding hydrogens is 359 g/mol. The van der Waals surface area contributed by atoms with E-state index >= 15 is 0 Å². The van der Waals surface area contributed by atoms with Gasteiger partial charge in [-0.1, -0.05) is 30.3 Å². The van der Waals surface area contributed by atoms with E-state index in [9.17, 15) is 14.0 Å². The van der Waals surface area contributed by atoms with Crippen molar-refractivity contribution < 1.29 is 18.7 Å². The summed E-state index contributed by atoms with van der Waals surface area (Å²) in [5, 5.41) is 0. The third-order valence-electron chi connectivity index (χ3n) is 4.66. The maximum absolute atomic E-state index is 13.4. The Kier molecular flexibility index (Phi) is 6.21. The minimum atomic E-state index is -0.393. The van der Waals surface area contributed by atoms with Crippen LogP contribution in [0.4, 0.5) is 10.1 Å². The van der Waals surface area contributed by atoms with E-state index in [0.717, 1.165) is 5.69 Å². The van der Waals surface area contributed by atoms with Gasteiger partial charge in [-0.05, 0) is 43.2 Å². The first-order valence-corrected chi connectivity index (χ1v) is 9.26. The summed E-state index contributed by atoms with van der Waals surface area (Å²) in [7, 11) is 1.58. The zero-order valence-electron chi connectivity index (χ0n) is 16.0. The van der Waals surface area contributed by atoms with E-state index in [1.54, 1.807) is 7.11 Å². The number of ether oxygens (including phenoxy) is 1. The Morgan fingerprint density at radius 3 is 2.29 bits per heavy atom. The van der Waals surface area contributed by atoms with Crippen LogP contribution < -0.4 is 4.90 Å². The lowest BCUT2D eigenvalue weighted by molar-refractivity contribution is -0.137. The number of anilines is 1. The first kappa shape index (κ1) is 19.8. The number of likely N-dealkylation sites (N-methyl/N-ethyl adjacent to an activating group) is 1. The van der Waals surface area contributed by atoms with Gasteiger partial charge in [0.05, 0.1) is 5.57 Å². The van der Waals surface area contributed by atoms with Crippen molar-refractivity contribution in [3.05, 3.63) is 71.7 Å². The molecule has 0 bridgehead atoms. The first-order chi connectivity index (χ1) is 13.6. The maximum Gasteiger partial charge on any atom is 0.278 e. The van der Waals surface area contributed by atoms with Gasteiger partial charge in [0, 0.05) is 32.5 Å². The Balaban J connectivity index is 2.09. The molecular formula is C22H23FN2O3. The van der Waals surface area contributed by atoms with Crippen molar-refractivity contribution in [3.8, 4) is 0 Å². The van der Waals surface area contributed by atoms with Gasteiger partial charge in [-0.2, -0.15) is 0 Å². The van der Waals surface area contributed by atoms with Crippen LogP contribution in [0.5, 0.6) is 0 Å². The largest absolute Gasteiger partial charge is 0.385 e. The zero-order valence-corrected chi connectivity index (χ0v) is 16.0. The highest BCUT2D eigenvalue weighted by Crippen LogP contribution is 2.34. The monoisotopic (exact) mass is 382 g/mol. The van der Waals surface area contributed by atoms with Crippen molar-refractivity contribution in [2.24, 2.45) is 0 Å². The van der Waals surface area contributed by atoms with Crippen LogP contribution in [0, 0.1) is 5.82 Å². The van der Waals surface area contributed by atoms with Crippen LogP contribution in [-0.2, 0) is 14.3 Å². The fraction of sp³-hybridized carbons (Fsp3) is 0.273. The lowest BCUT2D eigenvalue weighted by atomic mass is 10.0. The summed E-state index contributed by atoms with van der Waals surface area (Å²) in [6.07, 6.45) is 0.551. The van der Waals surface area contributed by atoms with Crippen LogP contribution in [0.15, 0.2) is 60.3 Å². The van der Waals surface area contributed by atoms with Crippen LogP contribution in [0.25, 0.3) is 5.57 Å². The molecule has 1 heterocycles. The van der Waals surface area contributed by atoms with Crippen LogP contribution in [0.1, 0.15) is 18.9 Å². The van der Waals surface area contributed by atoms with E-state index in [1.807, 2.05) is 42.2 Å². The number of amides is 2. The molecule has 0 saturated carbocycles. The molecule has 2 aromatic carbocycles. The summed E-state index contributed by atoms with van der Waals surface area (Å²) in [6.45, 7) is 3.16. The molecule has 1 aliphatic rings. The number of halogens is 1. The third-order valence-corrected chi connectivity index (χ3v) is 4.66. The minimum absolute atomic E-state index is 0.270. The number of hydrogen-bond acceptors (Lipinski definition) is 4. The van der Waals surface area contributed by atoms with Crippen LogP contribution in [-0.4, -0.2) is 43.5 Å². The standard InChI is InChI=1S/C22H23FN2O3/c1-3-24(18-8-5-4-6-9-18)20-19(16-10-12-17(23)13-11-16)21(26)25(22(20)27)14-7-15-28-2/h4-6,8-13H,3,7,14-15H2,1-2H3. The summed E-state index contributed by atoms with van der Waals surface area (Å²) in [4.78, 5) is 29.4. The molecule has 6 heteroatoms. The van der Waals surface area contributed by atoms with Crippen molar-refractivity contribution >= 4 is 23.1 Å². The molecule has 146 valence electrons. The summed E-state index contributed by atoms with van der Waals surface area (Å²) < 4.78 is 18.5. The van der Waals surface area contributed by atoms with Gasteiger partial charge in [-0.15, -0.1) is 0 Å². The number of rotatable bonds is 8. The number of carbonyl (C=O) groups excluding carboxylic acids is 2. The van der Waals surface area contributed by atoms with Crippen LogP contribution >= 0.6 is 0 Å². The molecule has 0 radical (unpaired) electrons. The third kappa shape index (κ3) is 3.82. The topological polar surface area (TPSA) is 49.9 Å². The first-order valence-electron chi connectivity index (χ1n) is 9.26. The normalized spacial score (nSPS) is 14.2. The predicted molar refractivity (Wildman–Crippen MR) is 106 cm³/mol. The van der Waals surface area contributed by atoms with E-state index in [2.05, 4.69) is 0 Å². The van der Waals surface area contributed by atoms with E-state index in [0.29, 0.717) is 36.4 Å².